The van der Waals surface area contributed by atoms with Crippen LogP contribution in [0.4, 0.5) is 5.13 Å². The Bertz CT molecular complexity index is 1730. The number of carbonyl (C=O) groups is 2. The molecule has 39 heavy (non-hydrogen) atoms. The molecule has 1 amide bonds. The first-order valence-electron chi connectivity index (χ1n) is 11.9. The number of aliphatic hydroxyl groups is 1. The molecule has 0 saturated carbocycles. The standard InChI is InChI=1S/C28H20BrClN2O6S/c1-12-7-14-8-13(3-6-19(14)38-12)24(33)22-23(15-9-17(29)25(34)20(10-15)37-2)32(27(36)26(22)35)28-31-18-5-4-16(30)11-21(18)39-28/h3-6,8-12,23,33-34H,7H2,1-2H3/t12-,23+/m1/s1. The number of aliphatic hydroxyl groups excluding tert-OH is 1. The number of Topliss-reactive ketones (excluding diaryl/α,β-unsaturated/α-hetero) is 1. The number of anilines is 1. The number of methoxy groups -OCH3 is 1. The van der Waals surface area contributed by atoms with Gasteiger partial charge in [-0.15, -0.1) is 0 Å². The molecule has 8 nitrogen and oxygen atoms in total. The molecule has 11 heteroatoms. The molecule has 0 aliphatic carbocycles. The number of aromatic nitrogens is 1. The van der Waals surface area contributed by atoms with Crippen LogP contribution in [0.25, 0.3) is 16.0 Å². The van der Waals surface area contributed by atoms with Crippen molar-refractivity contribution < 1.29 is 29.3 Å². The largest absolute Gasteiger partial charge is 0.507 e. The van der Waals surface area contributed by atoms with Crippen molar-refractivity contribution >= 4 is 71.7 Å². The molecular formula is C28H20BrClN2O6S. The van der Waals surface area contributed by atoms with Gasteiger partial charge in [-0.3, -0.25) is 14.5 Å². The minimum absolute atomic E-state index is 0.00248. The number of hydrogen-bond acceptors (Lipinski definition) is 8. The van der Waals surface area contributed by atoms with E-state index in [0.29, 0.717) is 32.6 Å². The highest BCUT2D eigenvalue weighted by Gasteiger charge is 2.48. The number of rotatable bonds is 4. The first-order valence-corrected chi connectivity index (χ1v) is 13.9. The predicted molar refractivity (Wildman–Crippen MR) is 152 cm³/mol. The minimum Gasteiger partial charge on any atom is -0.507 e. The van der Waals surface area contributed by atoms with Crippen LogP contribution in [0.3, 0.4) is 0 Å². The molecule has 2 aliphatic rings. The molecule has 198 valence electrons. The number of phenols is 1. The number of aromatic hydroxyl groups is 1. The number of hydrogen-bond donors (Lipinski definition) is 2. The van der Waals surface area contributed by atoms with Crippen LogP contribution < -0.4 is 14.4 Å². The third kappa shape index (κ3) is 4.23. The third-order valence-electron chi connectivity index (χ3n) is 6.75. The van der Waals surface area contributed by atoms with Crippen molar-refractivity contribution in [3.8, 4) is 17.2 Å². The summed E-state index contributed by atoms with van der Waals surface area (Å²) in [5, 5.41) is 22.7. The first kappa shape index (κ1) is 25.7. The van der Waals surface area contributed by atoms with E-state index in [1.54, 1.807) is 42.5 Å². The molecule has 4 aromatic rings. The normalized spacial score (nSPS) is 19.9. The number of fused-ring (bicyclic) bond motifs is 2. The van der Waals surface area contributed by atoms with Gasteiger partial charge in [0.25, 0.3) is 5.78 Å². The average molecular weight is 628 g/mol. The highest BCUT2D eigenvalue weighted by atomic mass is 79.9. The Balaban J connectivity index is 1.57. The Hall–Kier alpha value is -3.60. The number of amides is 1. The van der Waals surface area contributed by atoms with E-state index < -0.39 is 17.7 Å². The zero-order chi connectivity index (χ0) is 27.6. The first-order chi connectivity index (χ1) is 18.7. The summed E-state index contributed by atoms with van der Waals surface area (Å²) >= 11 is 10.7. The van der Waals surface area contributed by atoms with E-state index in [4.69, 9.17) is 21.1 Å². The molecule has 1 fully saturated rings. The minimum atomic E-state index is -1.06. The summed E-state index contributed by atoms with van der Waals surface area (Å²) in [5.74, 6) is -1.31. The quantitative estimate of drug-likeness (QED) is 0.154. The lowest BCUT2D eigenvalue weighted by molar-refractivity contribution is -0.132. The SMILES string of the molecule is COc1cc([C@H]2C(=C(O)c3ccc4c(c3)C[C@@H](C)O4)C(=O)C(=O)N2c2nc3ccc(Cl)cc3s2)cc(Br)c1O. The summed E-state index contributed by atoms with van der Waals surface area (Å²) in [7, 11) is 1.40. The number of ketones is 1. The van der Waals surface area contributed by atoms with Crippen LogP contribution in [0.15, 0.2) is 58.6 Å². The fraction of sp³-hybridized carbons (Fsp3) is 0.179. The predicted octanol–water partition coefficient (Wildman–Crippen LogP) is 6.38. The van der Waals surface area contributed by atoms with Gasteiger partial charge in [0.05, 0.1) is 33.4 Å². The van der Waals surface area contributed by atoms with Gasteiger partial charge in [0.2, 0.25) is 0 Å². The number of carbonyl (C=O) groups excluding carboxylic acids is 2. The van der Waals surface area contributed by atoms with Crippen molar-refractivity contribution in [1.82, 2.24) is 4.98 Å². The van der Waals surface area contributed by atoms with Crippen LogP contribution in [-0.2, 0) is 16.0 Å². The van der Waals surface area contributed by atoms with E-state index in [1.807, 2.05) is 6.92 Å². The molecule has 3 heterocycles. The Morgan fingerprint density at radius 1 is 1.21 bits per heavy atom. The topological polar surface area (TPSA) is 109 Å². The molecule has 2 atom stereocenters. The average Bonchev–Trinajstić information content (AvgIpc) is 3.57. The Morgan fingerprint density at radius 2 is 2.00 bits per heavy atom. The Kier molecular flexibility index (Phi) is 6.28. The smallest absolute Gasteiger partial charge is 0.301 e. The van der Waals surface area contributed by atoms with Crippen LogP contribution in [-0.4, -0.2) is 40.1 Å². The lowest BCUT2D eigenvalue weighted by Crippen LogP contribution is -2.29. The maximum Gasteiger partial charge on any atom is 0.301 e. The monoisotopic (exact) mass is 626 g/mol. The maximum absolute atomic E-state index is 13.6. The van der Waals surface area contributed by atoms with Gasteiger partial charge in [0, 0.05) is 17.0 Å². The van der Waals surface area contributed by atoms with E-state index in [0.717, 1.165) is 16.0 Å². The molecule has 0 radical (unpaired) electrons. The summed E-state index contributed by atoms with van der Waals surface area (Å²) in [5.41, 5.74) is 2.21. The van der Waals surface area contributed by atoms with Gasteiger partial charge in [0.15, 0.2) is 16.6 Å². The second-order valence-electron chi connectivity index (χ2n) is 9.29. The number of phenolic OH excluding ortho intramolecular Hbond substituents is 1. The van der Waals surface area contributed by atoms with Gasteiger partial charge in [0.1, 0.15) is 17.6 Å². The van der Waals surface area contributed by atoms with E-state index in [9.17, 15) is 19.8 Å². The number of thiazole rings is 1. The number of halogens is 2. The van der Waals surface area contributed by atoms with Crippen LogP contribution >= 0.6 is 38.9 Å². The molecule has 0 bridgehead atoms. The fourth-order valence-corrected chi connectivity index (χ4v) is 6.69. The lowest BCUT2D eigenvalue weighted by Gasteiger charge is -2.24. The summed E-state index contributed by atoms with van der Waals surface area (Å²) < 4.78 is 12.1. The molecule has 1 saturated heterocycles. The van der Waals surface area contributed by atoms with Crippen molar-refractivity contribution in [2.24, 2.45) is 0 Å². The van der Waals surface area contributed by atoms with Gasteiger partial charge in [-0.05, 0) is 82.5 Å². The molecule has 6 rings (SSSR count). The van der Waals surface area contributed by atoms with Crippen molar-refractivity contribution in [3.63, 3.8) is 0 Å². The van der Waals surface area contributed by atoms with Crippen molar-refractivity contribution in [1.29, 1.82) is 0 Å². The molecule has 1 aromatic heterocycles. The van der Waals surface area contributed by atoms with Crippen LogP contribution in [0.5, 0.6) is 17.2 Å². The van der Waals surface area contributed by atoms with E-state index in [-0.39, 0.29) is 34.1 Å². The number of ether oxygens (including phenoxy) is 2. The Morgan fingerprint density at radius 3 is 2.77 bits per heavy atom. The molecule has 0 spiro atoms. The summed E-state index contributed by atoms with van der Waals surface area (Å²) in [6.45, 7) is 1.95. The zero-order valence-electron chi connectivity index (χ0n) is 20.6. The zero-order valence-corrected chi connectivity index (χ0v) is 23.7. The summed E-state index contributed by atoms with van der Waals surface area (Å²) in [6.07, 6.45) is 0.655. The van der Waals surface area contributed by atoms with Gasteiger partial charge in [-0.1, -0.05) is 22.9 Å². The molecule has 2 aliphatic heterocycles. The van der Waals surface area contributed by atoms with Crippen molar-refractivity contribution in [2.75, 3.05) is 12.0 Å². The van der Waals surface area contributed by atoms with E-state index in [2.05, 4.69) is 20.9 Å². The lowest BCUT2D eigenvalue weighted by atomic mass is 9.94. The summed E-state index contributed by atoms with van der Waals surface area (Å²) in [6, 6.07) is 12.4. The van der Waals surface area contributed by atoms with Crippen LogP contribution in [0.1, 0.15) is 29.7 Å². The second kappa shape index (κ2) is 9.55. The van der Waals surface area contributed by atoms with Gasteiger partial charge in [-0.25, -0.2) is 4.98 Å². The van der Waals surface area contributed by atoms with Crippen LogP contribution in [0.2, 0.25) is 5.02 Å². The highest BCUT2D eigenvalue weighted by molar-refractivity contribution is 9.10. The molecule has 0 unspecified atom stereocenters. The van der Waals surface area contributed by atoms with Gasteiger partial charge >= 0.3 is 5.91 Å². The highest BCUT2D eigenvalue weighted by Crippen LogP contribution is 2.47. The molecule has 2 N–H and O–H groups in total. The number of benzene rings is 3. The van der Waals surface area contributed by atoms with Crippen LogP contribution in [0, 0.1) is 0 Å². The van der Waals surface area contributed by atoms with Gasteiger partial charge in [-0.2, -0.15) is 0 Å². The number of nitrogens with zero attached hydrogens (tertiary/aromatic N) is 2. The van der Waals surface area contributed by atoms with Gasteiger partial charge < -0.3 is 19.7 Å². The van der Waals surface area contributed by atoms with Crippen molar-refractivity contribution in [3.05, 3.63) is 80.3 Å². The van der Waals surface area contributed by atoms with Crippen molar-refractivity contribution in [2.45, 2.75) is 25.5 Å². The Labute approximate surface area is 240 Å². The molecular weight excluding hydrogens is 608 g/mol. The molecule has 3 aromatic carbocycles. The summed E-state index contributed by atoms with van der Waals surface area (Å²) in [4.78, 5) is 33.0. The maximum atomic E-state index is 13.6. The fourth-order valence-electron chi connectivity index (χ4n) is 4.97. The van der Waals surface area contributed by atoms with E-state index in [1.165, 1.54) is 29.4 Å². The third-order valence-corrected chi connectivity index (χ3v) is 8.60. The van der Waals surface area contributed by atoms with E-state index >= 15 is 0 Å². The second-order valence-corrected chi connectivity index (χ2v) is 11.6.